The van der Waals surface area contributed by atoms with E-state index in [1.165, 1.54) is 17.7 Å². The van der Waals surface area contributed by atoms with E-state index < -0.39 is 0 Å². The zero-order valence-electron chi connectivity index (χ0n) is 11.2. The monoisotopic (exact) mass is 277 g/mol. The first-order chi connectivity index (χ1) is 9.36. The standard InChI is InChI=1S/C13H19N5S/c1-2-11-8-15-13(19-11)12-9-18(17-16-12)10-4-3-6-14-7-5-10/h8-10,14H,2-7H2,1H3. The average Bonchev–Trinajstić information content (AvgIpc) is 3.02. The van der Waals surface area contributed by atoms with Crippen molar-refractivity contribution in [2.24, 2.45) is 0 Å². The Morgan fingerprint density at radius 3 is 3.21 bits per heavy atom. The number of hydrogen-bond acceptors (Lipinski definition) is 5. The molecule has 1 aliphatic heterocycles. The molecule has 1 N–H and O–H groups in total. The minimum Gasteiger partial charge on any atom is -0.317 e. The number of aryl methyl sites for hydroxylation is 1. The lowest BCUT2D eigenvalue weighted by Gasteiger charge is -2.12. The van der Waals surface area contributed by atoms with E-state index in [0.717, 1.165) is 36.6 Å². The van der Waals surface area contributed by atoms with Gasteiger partial charge >= 0.3 is 0 Å². The van der Waals surface area contributed by atoms with Gasteiger partial charge in [-0.15, -0.1) is 16.4 Å². The molecule has 0 amide bonds. The van der Waals surface area contributed by atoms with Crippen LogP contribution in [-0.4, -0.2) is 33.1 Å². The molecule has 1 fully saturated rings. The molecule has 1 unspecified atom stereocenters. The van der Waals surface area contributed by atoms with E-state index in [-0.39, 0.29) is 0 Å². The second-order valence-electron chi connectivity index (χ2n) is 4.90. The molecule has 0 radical (unpaired) electrons. The highest BCUT2D eigenvalue weighted by Crippen LogP contribution is 2.25. The first-order valence-electron chi connectivity index (χ1n) is 6.94. The van der Waals surface area contributed by atoms with Crippen LogP contribution in [0.3, 0.4) is 0 Å². The second kappa shape index (κ2) is 5.79. The molecular formula is C13H19N5S. The number of aromatic nitrogens is 4. The number of hydrogen-bond donors (Lipinski definition) is 1. The van der Waals surface area contributed by atoms with Gasteiger partial charge in [0.15, 0.2) is 0 Å². The van der Waals surface area contributed by atoms with E-state index in [9.17, 15) is 0 Å². The molecule has 2 aromatic rings. The molecular weight excluding hydrogens is 258 g/mol. The van der Waals surface area contributed by atoms with Crippen LogP contribution >= 0.6 is 11.3 Å². The van der Waals surface area contributed by atoms with Gasteiger partial charge in [0.05, 0.1) is 12.2 Å². The van der Waals surface area contributed by atoms with Crippen molar-refractivity contribution in [1.82, 2.24) is 25.3 Å². The predicted molar refractivity (Wildman–Crippen MR) is 76.3 cm³/mol. The van der Waals surface area contributed by atoms with Crippen molar-refractivity contribution < 1.29 is 0 Å². The van der Waals surface area contributed by atoms with Crippen LogP contribution in [0.1, 0.15) is 37.1 Å². The first kappa shape index (κ1) is 12.7. The Morgan fingerprint density at radius 1 is 1.42 bits per heavy atom. The van der Waals surface area contributed by atoms with Crippen LogP contribution in [0.2, 0.25) is 0 Å². The zero-order chi connectivity index (χ0) is 13.1. The fraction of sp³-hybridized carbons (Fsp3) is 0.615. The lowest BCUT2D eigenvalue weighted by Crippen LogP contribution is -2.15. The van der Waals surface area contributed by atoms with Crippen molar-refractivity contribution in [3.05, 3.63) is 17.3 Å². The van der Waals surface area contributed by atoms with Gasteiger partial charge in [-0.05, 0) is 38.8 Å². The minimum absolute atomic E-state index is 0.474. The van der Waals surface area contributed by atoms with E-state index in [4.69, 9.17) is 0 Å². The highest BCUT2D eigenvalue weighted by atomic mass is 32.1. The number of nitrogens with zero attached hydrogens (tertiary/aromatic N) is 4. The van der Waals surface area contributed by atoms with Crippen LogP contribution in [0.4, 0.5) is 0 Å². The highest BCUT2D eigenvalue weighted by Gasteiger charge is 2.16. The largest absolute Gasteiger partial charge is 0.317 e. The summed E-state index contributed by atoms with van der Waals surface area (Å²) in [4.78, 5) is 5.72. The fourth-order valence-corrected chi connectivity index (χ4v) is 3.21. The summed E-state index contributed by atoms with van der Waals surface area (Å²) in [6.07, 6.45) is 8.52. The fourth-order valence-electron chi connectivity index (χ4n) is 2.41. The lowest BCUT2D eigenvalue weighted by molar-refractivity contribution is 0.405. The van der Waals surface area contributed by atoms with Crippen molar-refractivity contribution >= 4 is 11.3 Å². The quantitative estimate of drug-likeness (QED) is 0.935. The van der Waals surface area contributed by atoms with Crippen LogP contribution in [0, 0.1) is 0 Å². The smallest absolute Gasteiger partial charge is 0.145 e. The Labute approximate surface area is 117 Å². The van der Waals surface area contributed by atoms with Crippen molar-refractivity contribution in [1.29, 1.82) is 0 Å². The van der Waals surface area contributed by atoms with Crippen molar-refractivity contribution in [3.8, 4) is 10.7 Å². The maximum Gasteiger partial charge on any atom is 0.145 e. The van der Waals surface area contributed by atoms with Crippen molar-refractivity contribution in [2.75, 3.05) is 13.1 Å². The maximum atomic E-state index is 4.42. The molecule has 3 heterocycles. The molecule has 2 aromatic heterocycles. The highest BCUT2D eigenvalue weighted by molar-refractivity contribution is 7.14. The molecule has 0 bridgehead atoms. The third kappa shape index (κ3) is 2.84. The van der Waals surface area contributed by atoms with Gasteiger partial charge in [-0.2, -0.15) is 0 Å². The molecule has 5 nitrogen and oxygen atoms in total. The summed E-state index contributed by atoms with van der Waals surface area (Å²) in [7, 11) is 0. The minimum atomic E-state index is 0.474. The third-order valence-electron chi connectivity index (χ3n) is 3.55. The van der Waals surface area contributed by atoms with E-state index in [1.807, 2.05) is 17.1 Å². The summed E-state index contributed by atoms with van der Waals surface area (Å²) in [6.45, 7) is 4.33. The molecule has 1 atom stereocenters. The van der Waals surface area contributed by atoms with E-state index >= 15 is 0 Å². The SMILES string of the molecule is CCc1cnc(-c2cn(C3CCCNCC3)nn2)s1. The molecule has 19 heavy (non-hydrogen) atoms. The summed E-state index contributed by atoms with van der Waals surface area (Å²) in [5, 5.41) is 13.0. The number of rotatable bonds is 3. The lowest BCUT2D eigenvalue weighted by atomic mass is 10.1. The molecule has 1 aliphatic rings. The molecule has 3 rings (SSSR count). The van der Waals surface area contributed by atoms with E-state index in [2.05, 4.69) is 27.5 Å². The van der Waals surface area contributed by atoms with E-state index in [0.29, 0.717) is 6.04 Å². The average molecular weight is 277 g/mol. The Kier molecular flexibility index (Phi) is 3.89. The Bertz CT molecular complexity index is 525. The number of nitrogens with one attached hydrogen (secondary N) is 1. The molecule has 6 heteroatoms. The van der Waals surface area contributed by atoms with Gasteiger partial charge < -0.3 is 5.32 Å². The van der Waals surface area contributed by atoms with Crippen LogP contribution in [0.5, 0.6) is 0 Å². The van der Waals surface area contributed by atoms with Crippen LogP contribution in [-0.2, 0) is 6.42 Å². The summed E-state index contributed by atoms with van der Waals surface area (Å²) >= 11 is 1.71. The summed E-state index contributed by atoms with van der Waals surface area (Å²) in [5.74, 6) is 0. The molecule has 0 saturated carbocycles. The van der Waals surface area contributed by atoms with Crippen LogP contribution < -0.4 is 5.32 Å². The van der Waals surface area contributed by atoms with Crippen LogP contribution in [0.15, 0.2) is 12.4 Å². The van der Waals surface area contributed by atoms with Gasteiger partial charge in [0.1, 0.15) is 10.7 Å². The topological polar surface area (TPSA) is 55.6 Å². The Morgan fingerprint density at radius 2 is 2.37 bits per heavy atom. The third-order valence-corrected chi connectivity index (χ3v) is 4.71. The summed E-state index contributed by atoms with van der Waals surface area (Å²) < 4.78 is 2.02. The predicted octanol–water partition coefficient (Wildman–Crippen LogP) is 2.28. The zero-order valence-corrected chi connectivity index (χ0v) is 12.0. The molecule has 102 valence electrons. The van der Waals surface area contributed by atoms with E-state index in [1.54, 1.807) is 11.3 Å². The first-order valence-corrected chi connectivity index (χ1v) is 7.76. The van der Waals surface area contributed by atoms with Gasteiger partial charge in [0, 0.05) is 11.1 Å². The van der Waals surface area contributed by atoms with Gasteiger partial charge in [-0.1, -0.05) is 12.1 Å². The molecule has 0 aromatic carbocycles. The Hall–Kier alpha value is -1.27. The Balaban J connectivity index is 1.78. The second-order valence-corrected chi connectivity index (χ2v) is 6.02. The van der Waals surface area contributed by atoms with Crippen LogP contribution in [0.25, 0.3) is 10.7 Å². The van der Waals surface area contributed by atoms with Crippen molar-refractivity contribution in [3.63, 3.8) is 0 Å². The van der Waals surface area contributed by atoms with Crippen molar-refractivity contribution in [2.45, 2.75) is 38.6 Å². The number of thiazole rings is 1. The summed E-state index contributed by atoms with van der Waals surface area (Å²) in [5.41, 5.74) is 0.905. The molecule has 1 saturated heterocycles. The normalized spacial score (nSPS) is 20.4. The van der Waals surface area contributed by atoms with Gasteiger partial charge in [0.25, 0.3) is 0 Å². The maximum absolute atomic E-state index is 4.42. The van der Waals surface area contributed by atoms with Gasteiger partial charge in [0.2, 0.25) is 0 Å². The van der Waals surface area contributed by atoms with Gasteiger partial charge in [-0.25, -0.2) is 9.67 Å². The molecule has 0 spiro atoms. The van der Waals surface area contributed by atoms with Gasteiger partial charge in [-0.3, -0.25) is 0 Å². The molecule has 0 aliphatic carbocycles. The summed E-state index contributed by atoms with van der Waals surface area (Å²) in [6, 6.07) is 0.474.